The highest BCUT2D eigenvalue weighted by Gasteiger charge is 2.24. The Morgan fingerprint density at radius 1 is 1.57 bits per heavy atom. The molecule has 0 aromatic carbocycles. The Bertz CT molecular complexity index is 662. The van der Waals surface area contributed by atoms with E-state index in [1.165, 1.54) is 11.3 Å². The van der Waals surface area contributed by atoms with Gasteiger partial charge in [-0.3, -0.25) is 4.79 Å². The summed E-state index contributed by atoms with van der Waals surface area (Å²) in [5.41, 5.74) is 0.814. The number of thiazole rings is 1. The number of aromatic nitrogens is 3. The summed E-state index contributed by atoms with van der Waals surface area (Å²) in [6.45, 7) is 1.83. The number of Topliss-reactive ketones (excluding diaryl/α,β-unsaturated/α-hetero) is 1. The topological polar surface area (TPSA) is 92.7 Å². The number of ketones is 1. The van der Waals surface area contributed by atoms with Gasteiger partial charge >= 0.3 is 0 Å². The molecule has 0 saturated heterocycles. The molecule has 0 radical (unpaired) electrons. The molecule has 21 heavy (non-hydrogen) atoms. The number of nitriles is 1. The van der Waals surface area contributed by atoms with Gasteiger partial charge in [-0.05, 0) is 13.2 Å². The Morgan fingerprint density at radius 3 is 3.00 bits per heavy atom. The second-order valence-electron chi connectivity index (χ2n) is 4.04. The van der Waals surface area contributed by atoms with Crippen molar-refractivity contribution in [2.75, 3.05) is 12.0 Å². The highest BCUT2D eigenvalue weighted by molar-refractivity contribution is 7.99. The fraction of sp³-hybridized carbons (Fsp3) is 0.417. The second kappa shape index (κ2) is 7.59. The average Bonchev–Trinajstić information content (AvgIpc) is 3.07. The summed E-state index contributed by atoms with van der Waals surface area (Å²) in [6, 6.07) is 2.01. The predicted molar refractivity (Wildman–Crippen MR) is 82.5 cm³/mol. The Labute approximate surface area is 134 Å². The van der Waals surface area contributed by atoms with Gasteiger partial charge in [-0.2, -0.15) is 17.0 Å². The van der Waals surface area contributed by atoms with Gasteiger partial charge in [0.25, 0.3) is 5.22 Å². The smallest absolute Gasteiger partial charge is 0.277 e. The molecule has 9 heteroatoms. The number of carbonyl (C=O) groups excluding carboxylic acids is 1. The molecule has 0 amide bonds. The van der Waals surface area contributed by atoms with Gasteiger partial charge in [-0.15, -0.1) is 21.5 Å². The molecule has 0 unspecified atom stereocenters. The maximum absolute atomic E-state index is 12.1. The lowest BCUT2D eigenvalue weighted by molar-refractivity contribution is -0.116. The Morgan fingerprint density at radius 2 is 2.38 bits per heavy atom. The highest BCUT2D eigenvalue weighted by atomic mass is 32.2. The molecule has 0 bridgehead atoms. The first-order chi connectivity index (χ1) is 10.1. The molecule has 110 valence electrons. The molecule has 2 aromatic rings. The third-order valence-electron chi connectivity index (χ3n) is 2.39. The van der Waals surface area contributed by atoms with Crippen LogP contribution in [0.15, 0.2) is 15.0 Å². The van der Waals surface area contributed by atoms with Crippen molar-refractivity contribution in [2.45, 2.75) is 23.8 Å². The normalized spacial score (nSPS) is 12.0. The summed E-state index contributed by atoms with van der Waals surface area (Å²) < 4.78 is 5.37. The van der Waals surface area contributed by atoms with Crippen LogP contribution in [-0.2, 0) is 10.5 Å². The molecule has 0 aliphatic rings. The standard InChI is InChI=1S/C12H12N4O2S3/c1-7-4-20-11(14-7)8(3-13)9(17)5-21-12-16-15-10(18-12)6-19-2/h4,8H,5-6H2,1-2H3/t8-/m1/s1. The van der Waals surface area contributed by atoms with Crippen LogP contribution in [0.4, 0.5) is 0 Å². The van der Waals surface area contributed by atoms with Crippen LogP contribution in [0.3, 0.4) is 0 Å². The minimum atomic E-state index is -0.829. The largest absolute Gasteiger partial charge is 0.415 e. The van der Waals surface area contributed by atoms with E-state index in [0.29, 0.717) is 21.9 Å². The van der Waals surface area contributed by atoms with Crippen molar-refractivity contribution in [3.8, 4) is 6.07 Å². The third-order valence-corrected chi connectivity index (χ3v) is 4.79. The highest BCUT2D eigenvalue weighted by Crippen LogP contribution is 2.24. The maximum Gasteiger partial charge on any atom is 0.277 e. The zero-order chi connectivity index (χ0) is 15.2. The van der Waals surface area contributed by atoms with Crippen molar-refractivity contribution in [1.29, 1.82) is 5.26 Å². The van der Waals surface area contributed by atoms with Gasteiger partial charge in [-0.1, -0.05) is 11.8 Å². The van der Waals surface area contributed by atoms with Crippen molar-refractivity contribution in [3.63, 3.8) is 0 Å². The minimum absolute atomic E-state index is 0.109. The van der Waals surface area contributed by atoms with Gasteiger partial charge in [0.05, 0.1) is 17.6 Å². The van der Waals surface area contributed by atoms with E-state index in [-0.39, 0.29) is 11.5 Å². The van der Waals surface area contributed by atoms with Crippen LogP contribution in [0, 0.1) is 18.3 Å². The molecule has 2 rings (SSSR count). The molecule has 0 fully saturated rings. The molecule has 6 nitrogen and oxygen atoms in total. The van der Waals surface area contributed by atoms with Gasteiger partial charge in [0.1, 0.15) is 5.01 Å². The van der Waals surface area contributed by atoms with Crippen molar-refractivity contribution in [3.05, 3.63) is 22.0 Å². The van der Waals surface area contributed by atoms with Gasteiger partial charge < -0.3 is 4.42 Å². The second-order valence-corrected chi connectivity index (χ2v) is 6.72. The van der Waals surface area contributed by atoms with E-state index in [9.17, 15) is 4.79 Å². The van der Waals surface area contributed by atoms with Crippen LogP contribution < -0.4 is 0 Å². The molecule has 2 heterocycles. The lowest BCUT2D eigenvalue weighted by Gasteiger charge is -2.02. The summed E-state index contributed by atoms with van der Waals surface area (Å²) in [4.78, 5) is 16.3. The molecule has 2 aromatic heterocycles. The Kier molecular flexibility index (Phi) is 5.78. The molecule has 0 aliphatic heterocycles. The summed E-state index contributed by atoms with van der Waals surface area (Å²) in [6.07, 6.45) is 1.94. The van der Waals surface area contributed by atoms with E-state index in [1.807, 2.05) is 24.6 Å². The van der Waals surface area contributed by atoms with Gasteiger partial charge in [0.2, 0.25) is 5.89 Å². The van der Waals surface area contributed by atoms with Crippen molar-refractivity contribution in [1.82, 2.24) is 15.2 Å². The first-order valence-electron chi connectivity index (χ1n) is 5.92. The SMILES string of the molecule is CSCc1nnc(SCC(=O)[C@@H](C#N)c2nc(C)cs2)o1. The molecule has 0 spiro atoms. The first-order valence-corrected chi connectivity index (χ1v) is 9.18. The summed E-state index contributed by atoms with van der Waals surface area (Å²) in [5, 5.41) is 19.6. The van der Waals surface area contributed by atoms with E-state index >= 15 is 0 Å². The van der Waals surface area contributed by atoms with Crippen LogP contribution in [0.1, 0.15) is 22.5 Å². The zero-order valence-electron chi connectivity index (χ0n) is 11.4. The number of nitrogens with zero attached hydrogens (tertiary/aromatic N) is 4. The molecular weight excluding hydrogens is 328 g/mol. The van der Waals surface area contributed by atoms with E-state index < -0.39 is 5.92 Å². The van der Waals surface area contributed by atoms with Crippen LogP contribution in [-0.4, -0.2) is 33.0 Å². The number of rotatable bonds is 7. The first kappa shape index (κ1) is 16.0. The van der Waals surface area contributed by atoms with Crippen molar-refractivity contribution < 1.29 is 9.21 Å². The van der Waals surface area contributed by atoms with Crippen LogP contribution >= 0.6 is 34.9 Å². The average molecular weight is 340 g/mol. The number of thioether (sulfide) groups is 2. The van der Waals surface area contributed by atoms with Crippen LogP contribution in [0.25, 0.3) is 0 Å². The number of carbonyl (C=O) groups is 1. The van der Waals surface area contributed by atoms with Gasteiger partial charge in [0, 0.05) is 11.1 Å². The van der Waals surface area contributed by atoms with Crippen LogP contribution in [0.2, 0.25) is 0 Å². The van der Waals surface area contributed by atoms with Gasteiger partial charge in [-0.25, -0.2) is 4.98 Å². The molecule has 0 N–H and O–H groups in total. The molecular formula is C12H12N4O2S3. The number of aryl methyl sites for hydroxylation is 1. The third kappa shape index (κ3) is 4.30. The quantitative estimate of drug-likeness (QED) is 0.710. The summed E-state index contributed by atoms with van der Waals surface area (Å²) in [5.74, 6) is 0.245. The molecule has 0 saturated carbocycles. The zero-order valence-corrected chi connectivity index (χ0v) is 13.8. The Hall–Kier alpha value is -1.37. The van der Waals surface area contributed by atoms with Gasteiger partial charge in [0.15, 0.2) is 11.7 Å². The lowest BCUT2D eigenvalue weighted by atomic mass is 10.1. The predicted octanol–water partition coefficient (Wildman–Crippen LogP) is 2.67. The molecule has 0 aliphatic carbocycles. The van der Waals surface area contributed by atoms with E-state index in [1.54, 1.807) is 11.8 Å². The Balaban J connectivity index is 1.95. The number of hydrogen-bond donors (Lipinski definition) is 0. The van der Waals surface area contributed by atoms with E-state index in [2.05, 4.69) is 15.2 Å². The fourth-order valence-electron chi connectivity index (χ4n) is 1.46. The van der Waals surface area contributed by atoms with Crippen molar-refractivity contribution in [2.24, 2.45) is 0 Å². The van der Waals surface area contributed by atoms with Crippen molar-refractivity contribution >= 4 is 40.6 Å². The number of hydrogen-bond acceptors (Lipinski definition) is 9. The summed E-state index contributed by atoms with van der Waals surface area (Å²) in [7, 11) is 0. The van der Waals surface area contributed by atoms with Crippen LogP contribution in [0.5, 0.6) is 0 Å². The van der Waals surface area contributed by atoms with E-state index in [0.717, 1.165) is 17.5 Å². The fourth-order valence-corrected chi connectivity index (χ4v) is 3.37. The summed E-state index contributed by atoms with van der Waals surface area (Å²) >= 11 is 4.05. The monoisotopic (exact) mass is 340 g/mol. The minimum Gasteiger partial charge on any atom is -0.415 e. The molecule has 1 atom stereocenters. The maximum atomic E-state index is 12.1. The lowest BCUT2D eigenvalue weighted by Crippen LogP contribution is -2.13. The van der Waals surface area contributed by atoms with E-state index in [4.69, 9.17) is 9.68 Å².